The Morgan fingerprint density at radius 2 is 2.29 bits per heavy atom. The van der Waals surface area contributed by atoms with Crippen molar-refractivity contribution in [1.82, 2.24) is 15.1 Å². The lowest BCUT2D eigenvalue weighted by molar-refractivity contribution is -0.120. The number of nitrogens with zero attached hydrogens (tertiary/aromatic N) is 2. The first-order valence-corrected chi connectivity index (χ1v) is 7.20. The Morgan fingerprint density at radius 3 is 2.90 bits per heavy atom. The Morgan fingerprint density at radius 1 is 1.57 bits per heavy atom. The third-order valence-electron chi connectivity index (χ3n) is 2.66. The van der Waals surface area contributed by atoms with Gasteiger partial charge in [0.25, 0.3) is 5.56 Å². The van der Waals surface area contributed by atoms with Gasteiger partial charge in [0.15, 0.2) is 0 Å². The molecule has 0 spiro atoms. The monoisotopic (exact) mass is 312 g/mol. The molecule has 0 aliphatic heterocycles. The predicted molar refractivity (Wildman–Crippen MR) is 84.7 cm³/mol. The summed E-state index contributed by atoms with van der Waals surface area (Å²) in [5.74, 6) is 0.373. The van der Waals surface area contributed by atoms with Crippen molar-refractivity contribution in [3.63, 3.8) is 0 Å². The van der Waals surface area contributed by atoms with E-state index in [1.54, 1.807) is 6.08 Å². The van der Waals surface area contributed by atoms with Crippen molar-refractivity contribution in [2.45, 2.75) is 26.8 Å². The minimum absolute atomic E-state index is 0.0414. The van der Waals surface area contributed by atoms with Gasteiger partial charge in [-0.05, 0) is 5.92 Å². The number of carbonyl (C=O) groups is 1. The van der Waals surface area contributed by atoms with Crippen LogP contribution in [0.2, 0.25) is 5.02 Å². The van der Waals surface area contributed by atoms with Gasteiger partial charge in [0, 0.05) is 19.5 Å². The SMILES string of the molecule is C=CCn1ncc(NCCC(=O)NCC(C)C)c(Cl)c1=O. The molecule has 0 aliphatic rings. The molecule has 1 aromatic heterocycles. The number of hydrogen-bond donors (Lipinski definition) is 2. The maximum atomic E-state index is 11.9. The Balaban J connectivity index is 2.53. The Bertz CT molecular complexity index is 554. The van der Waals surface area contributed by atoms with Crippen molar-refractivity contribution in [1.29, 1.82) is 0 Å². The van der Waals surface area contributed by atoms with Gasteiger partial charge in [0.1, 0.15) is 5.02 Å². The molecule has 1 rings (SSSR count). The molecule has 6 nitrogen and oxygen atoms in total. The van der Waals surface area contributed by atoms with E-state index in [9.17, 15) is 9.59 Å². The fraction of sp³-hybridized carbons (Fsp3) is 0.500. The van der Waals surface area contributed by atoms with Gasteiger partial charge in [0.05, 0.1) is 18.4 Å². The number of hydrogen-bond acceptors (Lipinski definition) is 4. The van der Waals surface area contributed by atoms with Crippen molar-refractivity contribution >= 4 is 23.2 Å². The van der Waals surface area contributed by atoms with Gasteiger partial charge in [0.2, 0.25) is 5.91 Å². The van der Waals surface area contributed by atoms with Crippen LogP contribution in [0.4, 0.5) is 5.69 Å². The van der Waals surface area contributed by atoms with E-state index in [1.807, 2.05) is 13.8 Å². The molecule has 0 saturated carbocycles. The average molecular weight is 313 g/mol. The molecule has 7 heteroatoms. The second-order valence-electron chi connectivity index (χ2n) is 5.02. The maximum absolute atomic E-state index is 11.9. The molecule has 0 saturated heterocycles. The van der Waals surface area contributed by atoms with E-state index >= 15 is 0 Å². The van der Waals surface area contributed by atoms with Crippen molar-refractivity contribution in [2.24, 2.45) is 5.92 Å². The number of amides is 1. The molecule has 0 fully saturated rings. The lowest BCUT2D eigenvalue weighted by atomic mass is 10.2. The molecule has 0 atom stereocenters. The first-order valence-electron chi connectivity index (χ1n) is 6.82. The Labute approximate surface area is 129 Å². The largest absolute Gasteiger partial charge is 0.382 e. The zero-order valence-corrected chi connectivity index (χ0v) is 13.1. The summed E-state index contributed by atoms with van der Waals surface area (Å²) in [5, 5.41) is 9.80. The molecule has 0 radical (unpaired) electrons. The van der Waals surface area contributed by atoms with Gasteiger partial charge in [-0.3, -0.25) is 9.59 Å². The van der Waals surface area contributed by atoms with Crippen LogP contribution in [0.3, 0.4) is 0 Å². The van der Waals surface area contributed by atoms with E-state index in [4.69, 9.17) is 11.6 Å². The lowest BCUT2D eigenvalue weighted by Gasteiger charge is -2.10. The molecular weight excluding hydrogens is 292 g/mol. The molecule has 1 amide bonds. The van der Waals surface area contributed by atoms with E-state index in [2.05, 4.69) is 22.3 Å². The first-order chi connectivity index (χ1) is 9.95. The highest BCUT2D eigenvalue weighted by Gasteiger charge is 2.09. The molecule has 0 aromatic carbocycles. The fourth-order valence-corrected chi connectivity index (χ4v) is 1.77. The topological polar surface area (TPSA) is 76.0 Å². The third-order valence-corrected chi connectivity index (χ3v) is 3.03. The zero-order chi connectivity index (χ0) is 15.8. The molecule has 116 valence electrons. The summed E-state index contributed by atoms with van der Waals surface area (Å²) < 4.78 is 1.22. The minimum Gasteiger partial charge on any atom is -0.382 e. The highest BCUT2D eigenvalue weighted by Crippen LogP contribution is 2.14. The van der Waals surface area contributed by atoms with E-state index < -0.39 is 0 Å². The molecule has 2 N–H and O–H groups in total. The second kappa shape index (κ2) is 8.46. The van der Waals surface area contributed by atoms with E-state index in [-0.39, 0.29) is 16.5 Å². The predicted octanol–water partition coefficient (Wildman–Crippen LogP) is 1.66. The van der Waals surface area contributed by atoms with Gasteiger partial charge in [-0.15, -0.1) is 6.58 Å². The summed E-state index contributed by atoms with van der Waals surface area (Å²) in [6.07, 6.45) is 3.34. The third kappa shape index (κ3) is 5.59. The standard InChI is InChI=1S/C14H21ClN4O2/c1-4-7-19-14(21)13(15)11(9-18-19)16-6-5-12(20)17-8-10(2)3/h4,9-10,16H,1,5-8H2,2-3H3,(H,17,20). The normalized spacial score (nSPS) is 10.5. The summed E-state index contributed by atoms with van der Waals surface area (Å²) in [6, 6.07) is 0. The quantitative estimate of drug-likeness (QED) is 0.716. The van der Waals surface area contributed by atoms with Gasteiger partial charge < -0.3 is 10.6 Å². The fourth-order valence-electron chi connectivity index (χ4n) is 1.56. The summed E-state index contributed by atoms with van der Waals surface area (Å²) in [6.45, 7) is 8.94. The number of nitrogens with one attached hydrogen (secondary N) is 2. The van der Waals surface area contributed by atoms with Crippen LogP contribution in [0.15, 0.2) is 23.6 Å². The van der Waals surface area contributed by atoms with Crippen LogP contribution in [0.1, 0.15) is 20.3 Å². The smallest absolute Gasteiger partial charge is 0.287 e. The first kappa shape index (κ1) is 17.2. The maximum Gasteiger partial charge on any atom is 0.287 e. The summed E-state index contributed by atoms with van der Waals surface area (Å²) in [4.78, 5) is 23.4. The second-order valence-corrected chi connectivity index (χ2v) is 5.40. The molecule has 1 heterocycles. The van der Waals surface area contributed by atoms with Crippen LogP contribution in [0, 0.1) is 5.92 Å². The van der Waals surface area contributed by atoms with E-state index in [0.29, 0.717) is 37.7 Å². The van der Waals surface area contributed by atoms with Crippen molar-refractivity contribution in [3.05, 3.63) is 34.2 Å². The zero-order valence-electron chi connectivity index (χ0n) is 12.4. The Kier molecular flexibility index (Phi) is 6.94. The summed E-state index contributed by atoms with van der Waals surface area (Å²) in [5.41, 5.74) is 0.0458. The Hall–Kier alpha value is -1.82. The molecule has 0 unspecified atom stereocenters. The molecule has 1 aromatic rings. The van der Waals surface area contributed by atoms with Crippen molar-refractivity contribution in [3.8, 4) is 0 Å². The van der Waals surface area contributed by atoms with E-state index in [1.165, 1.54) is 10.9 Å². The van der Waals surface area contributed by atoms with Crippen molar-refractivity contribution < 1.29 is 4.79 Å². The van der Waals surface area contributed by atoms with Gasteiger partial charge >= 0.3 is 0 Å². The number of carbonyl (C=O) groups excluding carboxylic acids is 1. The van der Waals surface area contributed by atoms with Gasteiger partial charge in [-0.2, -0.15) is 5.10 Å². The lowest BCUT2D eigenvalue weighted by Crippen LogP contribution is -2.29. The van der Waals surface area contributed by atoms with E-state index in [0.717, 1.165) is 0 Å². The average Bonchev–Trinajstić information content (AvgIpc) is 2.44. The number of anilines is 1. The number of rotatable bonds is 8. The van der Waals surface area contributed by atoms with Gasteiger partial charge in [-0.1, -0.05) is 31.5 Å². The number of allylic oxidation sites excluding steroid dienone is 1. The van der Waals surface area contributed by atoms with Gasteiger partial charge in [-0.25, -0.2) is 4.68 Å². The van der Waals surface area contributed by atoms with Crippen LogP contribution < -0.4 is 16.2 Å². The van der Waals surface area contributed by atoms with Crippen LogP contribution in [0.5, 0.6) is 0 Å². The summed E-state index contributed by atoms with van der Waals surface area (Å²) in [7, 11) is 0. The number of halogens is 1. The van der Waals surface area contributed by atoms with Crippen molar-refractivity contribution in [2.75, 3.05) is 18.4 Å². The van der Waals surface area contributed by atoms with Crippen LogP contribution in [-0.2, 0) is 11.3 Å². The molecular formula is C14H21ClN4O2. The van der Waals surface area contributed by atoms with Crippen LogP contribution in [0.25, 0.3) is 0 Å². The molecule has 21 heavy (non-hydrogen) atoms. The summed E-state index contributed by atoms with van der Waals surface area (Å²) >= 11 is 5.98. The molecule has 0 aliphatic carbocycles. The van der Waals surface area contributed by atoms with Crippen LogP contribution in [-0.4, -0.2) is 28.8 Å². The highest BCUT2D eigenvalue weighted by molar-refractivity contribution is 6.32. The highest BCUT2D eigenvalue weighted by atomic mass is 35.5. The van der Waals surface area contributed by atoms with Crippen LogP contribution >= 0.6 is 11.6 Å². The number of aromatic nitrogens is 2. The molecule has 0 bridgehead atoms. The minimum atomic E-state index is -0.383.